The first kappa shape index (κ1) is 24.3. The van der Waals surface area contributed by atoms with Crippen molar-refractivity contribution >= 4 is 17.5 Å². The third-order valence-electron chi connectivity index (χ3n) is 5.59. The lowest BCUT2D eigenvalue weighted by Gasteiger charge is -2.12. The number of carbonyl (C=O) groups excluding carboxylic acids is 1. The highest BCUT2D eigenvalue weighted by atomic mass is 35.5. The van der Waals surface area contributed by atoms with E-state index in [1.807, 2.05) is 6.07 Å². The number of carbonyl (C=O) groups is 1. The summed E-state index contributed by atoms with van der Waals surface area (Å²) in [5.41, 5.74) is 9.26. The summed E-state index contributed by atoms with van der Waals surface area (Å²) in [4.78, 5) is 37.9. The fourth-order valence-corrected chi connectivity index (χ4v) is 3.74. The molecule has 10 heteroatoms. The predicted octanol–water partition coefficient (Wildman–Crippen LogP) is 1.17. The molecule has 0 saturated carbocycles. The van der Waals surface area contributed by atoms with Crippen LogP contribution in [0.1, 0.15) is 33.4 Å². The number of rotatable bonds is 8. The first-order valence-corrected chi connectivity index (χ1v) is 10.9. The van der Waals surface area contributed by atoms with E-state index < -0.39 is 0 Å². The van der Waals surface area contributed by atoms with Crippen LogP contribution in [0, 0.1) is 13.8 Å². The summed E-state index contributed by atoms with van der Waals surface area (Å²) in [7, 11) is 1.58. The monoisotopic (exact) mass is 470 g/mol. The van der Waals surface area contributed by atoms with Crippen LogP contribution in [0.15, 0.2) is 40.2 Å². The molecule has 0 bridgehead atoms. The number of amides is 1. The maximum absolute atomic E-state index is 13.0. The van der Waals surface area contributed by atoms with Gasteiger partial charge in [0.2, 0.25) is 5.91 Å². The number of nitrogens with one attached hydrogen (secondary N) is 1. The maximum atomic E-state index is 13.0. The SMILES string of the molecule is Cc1cnn(C)c(=O)c1CCn1ncc(C)c(CC(=O)NCc2cc(Cl)ccc2CN)c1=O. The van der Waals surface area contributed by atoms with Gasteiger partial charge in [-0.05, 0) is 54.7 Å². The number of nitrogens with two attached hydrogens (primary N) is 1. The molecule has 2 heterocycles. The molecule has 0 aliphatic carbocycles. The van der Waals surface area contributed by atoms with Crippen LogP contribution in [0.2, 0.25) is 5.02 Å². The van der Waals surface area contributed by atoms with Gasteiger partial charge in [-0.2, -0.15) is 10.2 Å². The van der Waals surface area contributed by atoms with E-state index in [-0.39, 0.29) is 36.5 Å². The highest BCUT2D eigenvalue weighted by Crippen LogP contribution is 2.16. The lowest BCUT2D eigenvalue weighted by atomic mass is 10.1. The van der Waals surface area contributed by atoms with Crippen LogP contribution >= 0.6 is 11.6 Å². The summed E-state index contributed by atoms with van der Waals surface area (Å²) < 4.78 is 2.55. The molecule has 3 rings (SSSR count). The Balaban J connectivity index is 1.73. The Kier molecular flexibility index (Phi) is 7.78. The zero-order chi connectivity index (χ0) is 24.1. The van der Waals surface area contributed by atoms with Crippen LogP contribution in [0.3, 0.4) is 0 Å². The van der Waals surface area contributed by atoms with Crippen molar-refractivity contribution in [3.8, 4) is 0 Å². The highest BCUT2D eigenvalue weighted by molar-refractivity contribution is 6.30. The Labute approximate surface area is 196 Å². The van der Waals surface area contributed by atoms with E-state index in [1.54, 1.807) is 45.4 Å². The summed E-state index contributed by atoms with van der Waals surface area (Å²) >= 11 is 6.05. The van der Waals surface area contributed by atoms with Crippen LogP contribution in [0.5, 0.6) is 0 Å². The molecule has 9 nitrogen and oxygen atoms in total. The van der Waals surface area contributed by atoms with Crippen molar-refractivity contribution in [1.82, 2.24) is 24.9 Å². The lowest BCUT2D eigenvalue weighted by Crippen LogP contribution is -2.33. The normalized spacial score (nSPS) is 10.9. The van der Waals surface area contributed by atoms with E-state index in [2.05, 4.69) is 15.5 Å². The largest absolute Gasteiger partial charge is 0.352 e. The van der Waals surface area contributed by atoms with Crippen molar-refractivity contribution in [2.45, 2.75) is 46.3 Å². The van der Waals surface area contributed by atoms with Crippen molar-refractivity contribution < 1.29 is 4.79 Å². The van der Waals surface area contributed by atoms with Gasteiger partial charge >= 0.3 is 0 Å². The second-order valence-corrected chi connectivity index (χ2v) is 8.33. The third kappa shape index (κ3) is 5.74. The first-order valence-electron chi connectivity index (χ1n) is 10.5. The van der Waals surface area contributed by atoms with E-state index in [0.29, 0.717) is 34.7 Å². The Morgan fingerprint density at radius 2 is 1.76 bits per heavy atom. The van der Waals surface area contributed by atoms with Crippen LogP contribution in [-0.2, 0) is 44.3 Å². The summed E-state index contributed by atoms with van der Waals surface area (Å²) in [6.07, 6.45) is 3.43. The smallest absolute Gasteiger partial charge is 0.270 e. The molecule has 174 valence electrons. The summed E-state index contributed by atoms with van der Waals surface area (Å²) in [5.74, 6) is -0.297. The zero-order valence-corrected chi connectivity index (χ0v) is 19.6. The molecule has 3 aromatic rings. The standard InChI is InChI=1S/C23H27ClN6O3/c1-14-11-27-29(3)22(32)19(14)6-7-30-23(33)20(15(2)12-28-30)9-21(31)26-13-17-8-18(24)5-4-16(17)10-25/h4-5,8,11-12H,6-7,9-10,13,25H2,1-3H3,(H,26,31). The molecule has 0 aliphatic rings. The number of halogens is 1. The molecule has 0 atom stereocenters. The molecule has 3 N–H and O–H groups in total. The molecule has 0 radical (unpaired) electrons. The third-order valence-corrected chi connectivity index (χ3v) is 5.82. The lowest BCUT2D eigenvalue weighted by molar-refractivity contribution is -0.120. The second kappa shape index (κ2) is 10.5. The Bertz CT molecular complexity index is 1300. The highest BCUT2D eigenvalue weighted by Gasteiger charge is 2.15. The van der Waals surface area contributed by atoms with Gasteiger partial charge in [0.1, 0.15) is 0 Å². The van der Waals surface area contributed by atoms with Gasteiger partial charge < -0.3 is 11.1 Å². The van der Waals surface area contributed by atoms with Gasteiger partial charge in [0.05, 0.1) is 18.8 Å². The number of hydrogen-bond acceptors (Lipinski definition) is 6. The predicted molar refractivity (Wildman–Crippen MR) is 126 cm³/mol. The van der Waals surface area contributed by atoms with Gasteiger partial charge in [0.25, 0.3) is 11.1 Å². The number of benzene rings is 1. The van der Waals surface area contributed by atoms with Crippen LogP contribution in [0.25, 0.3) is 0 Å². The number of hydrogen-bond donors (Lipinski definition) is 2. The van der Waals surface area contributed by atoms with Crippen molar-refractivity contribution in [2.75, 3.05) is 0 Å². The number of aryl methyl sites for hydroxylation is 4. The molecule has 1 aromatic carbocycles. The molecule has 2 aromatic heterocycles. The van der Waals surface area contributed by atoms with Gasteiger partial charge in [-0.25, -0.2) is 9.36 Å². The fraction of sp³-hybridized carbons (Fsp3) is 0.348. The van der Waals surface area contributed by atoms with Crippen LogP contribution < -0.4 is 22.2 Å². The average Bonchev–Trinajstić information content (AvgIpc) is 2.79. The van der Waals surface area contributed by atoms with Crippen molar-refractivity contribution in [3.63, 3.8) is 0 Å². The Morgan fingerprint density at radius 1 is 1.06 bits per heavy atom. The Morgan fingerprint density at radius 3 is 2.48 bits per heavy atom. The van der Waals surface area contributed by atoms with Gasteiger partial charge in [-0.15, -0.1) is 0 Å². The quantitative estimate of drug-likeness (QED) is 0.509. The Hall–Kier alpha value is -3.30. The molecule has 0 unspecified atom stereocenters. The maximum Gasteiger partial charge on any atom is 0.270 e. The van der Waals surface area contributed by atoms with Crippen LogP contribution in [0.4, 0.5) is 0 Å². The molecule has 0 saturated heterocycles. The topological polar surface area (TPSA) is 125 Å². The molecule has 0 spiro atoms. The second-order valence-electron chi connectivity index (χ2n) is 7.89. The van der Waals surface area contributed by atoms with Gasteiger partial charge in [-0.3, -0.25) is 14.4 Å². The minimum absolute atomic E-state index is 0.0816. The minimum Gasteiger partial charge on any atom is -0.352 e. The van der Waals surface area contributed by atoms with E-state index in [4.69, 9.17) is 17.3 Å². The van der Waals surface area contributed by atoms with E-state index in [1.165, 1.54) is 9.36 Å². The molecule has 33 heavy (non-hydrogen) atoms. The molecule has 1 amide bonds. The van der Waals surface area contributed by atoms with Gasteiger partial charge in [-0.1, -0.05) is 17.7 Å². The molecular formula is C23H27ClN6O3. The summed E-state index contributed by atoms with van der Waals surface area (Å²) in [5, 5.41) is 11.6. The van der Waals surface area contributed by atoms with E-state index >= 15 is 0 Å². The molecular weight excluding hydrogens is 444 g/mol. The summed E-state index contributed by atoms with van der Waals surface area (Å²) in [6, 6.07) is 5.34. The summed E-state index contributed by atoms with van der Waals surface area (Å²) in [6.45, 7) is 4.36. The van der Waals surface area contributed by atoms with E-state index in [0.717, 1.165) is 16.7 Å². The van der Waals surface area contributed by atoms with Crippen molar-refractivity contribution in [1.29, 1.82) is 0 Å². The van der Waals surface area contributed by atoms with Crippen LogP contribution in [-0.4, -0.2) is 25.5 Å². The minimum atomic E-state index is -0.348. The fourth-order valence-electron chi connectivity index (χ4n) is 3.55. The van der Waals surface area contributed by atoms with E-state index in [9.17, 15) is 14.4 Å². The zero-order valence-electron chi connectivity index (χ0n) is 18.9. The molecule has 0 aliphatic heterocycles. The average molecular weight is 471 g/mol. The van der Waals surface area contributed by atoms with Crippen molar-refractivity contribution in [2.24, 2.45) is 12.8 Å². The number of aromatic nitrogens is 4. The molecule has 0 fully saturated rings. The van der Waals surface area contributed by atoms with Gasteiger partial charge in [0.15, 0.2) is 0 Å². The van der Waals surface area contributed by atoms with Gasteiger partial charge in [0, 0.05) is 42.8 Å². The number of nitrogens with zero attached hydrogens (tertiary/aromatic N) is 4. The first-order chi connectivity index (χ1) is 15.7. The van der Waals surface area contributed by atoms with Crippen molar-refractivity contribution in [3.05, 3.63) is 89.7 Å².